The fourth-order valence-corrected chi connectivity index (χ4v) is 1.51. The van der Waals surface area contributed by atoms with Gasteiger partial charge in [0.2, 0.25) is 0 Å². The molecule has 0 aromatic heterocycles. The molecule has 0 amide bonds. The van der Waals surface area contributed by atoms with E-state index in [1.165, 1.54) is 25.7 Å². The lowest BCUT2D eigenvalue weighted by molar-refractivity contribution is 0.683. The Bertz CT molecular complexity index is 161. The van der Waals surface area contributed by atoms with Crippen molar-refractivity contribution in [2.75, 3.05) is 0 Å². The summed E-state index contributed by atoms with van der Waals surface area (Å²) in [6, 6.07) is 0. The normalized spacial score (nSPS) is 20.6. The topological polar surface area (TPSA) is 0 Å². The van der Waals surface area contributed by atoms with Crippen molar-refractivity contribution in [1.29, 1.82) is 0 Å². The van der Waals surface area contributed by atoms with Crippen molar-refractivity contribution in [2.24, 2.45) is 0 Å². The second-order valence-electron chi connectivity index (χ2n) is 3.01. The molecule has 10 heavy (non-hydrogen) atoms. The van der Waals surface area contributed by atoms with Crippen LogP contribution in [0.3, 0.4) is 0 Å². The van der Waals surface area contributed by atoms with E-state index in [0.29, 0.717) is 0 Å². The minimum Gasteiger partial charge on any atom is -0.0874 e. The molecule has 0 aliphatic heterocycles. The minimum atomic E-state index is 1.30. The Morgan fingerprint density at radius 1 is 1.20 bits per heavy atom. The standard InChI is InChI=1S/C10H16/c1-3-6-10-8-5-4-7-9(10)2/h3,6H,4-5,7-8H2,1-2H3/b6-3+. The van der Waals surface area contributed by atoms with E-state index in [1.807, 2.05) is 0 Å². The van der Waals surface area contributed by atoms with Crippen molar-refractivity contribution in [2.45, 2.75) is 39.5 Å². The molecule has 0 radical (unpaired) electrons. The Balaban J connectivity index is 2.68. The molecule has 0 heteroatoms. The van der Waals surface area contributed by atoms with E-state index in [-0.39, 0.29) is 0 Å². The maximum atomic E-state index is 2.26. The summed E-state index contributed by atoms with van der Waals surface area (Å²) in [7, 11) is 0. The molecule has 0 aromatic carbocycles. The third-order valence-electron chi connectivity index (χ3n) is 2.16. The van der Waals surface area contributed by atoms with Crippen LogP contribution in [0, 0.1) is 0 Å². The molecule has 0 unspecified atom stereocenters. The molecular weight excluding hydrogens is 120 g/mol. The molecule has 56 valence electrons. The molecule has 0 heterocycles. The number of rotatable bonds is 1. The van der Waals surface area contributed by atoms with Gasteiger partial charge in [0.15, 0.2) is 0 Å². The van der Waals surface area contributed by atoms with Crippen molar-refractivity contribution in [3.8, 4) is 0 Å². The summed E-state index contributed by atoms with van der Waals surface area (Å²) >= 11 is 0. The van der Waals surface area contributed by atoms with E-state index >= 15 is 0 Å². The maximum absolute atomic E-state index is 2.26. The summed E-state index contributed by atoms with van der Waals surface area (Å²) < 4.78 is 0. The molecule has 0 saturated heterocycles. The molecule has 0 aromatic rings. The molecule has 0 fully saturated rings. The summed E-state index contributed by atoms with van der Waals surface area (Å²) in [4.78, 5) is 0. The van der Waals surface area contributed by atoms with Gasteiger partial charge in [-0.3, -0.25) is 0 Å². The van der Waals surface area contributed by atoms with Crippen LogP contribution in [0.5, 0.6) is 0 Å². The fraction of sp³-hybridized carbons (Fsp3) is 0.600. The molecule has 1 aliphatic rings. The zero-order chi connectivity index (χ0) is 7.40. The van der Waals surface area contributed by atoms with Gasteiger partial charge >= 0.3 is 0 Å². The summed E-state index contributed by atoms with van der Waals surface area (Å²) in [5, 5.41) is 0. The van der Waals surface area contributed by atoms with Crippen LogP contribution in [0.15, 0.2) is 23.3 Å². The second kappa shape index (κ2) is 3.60. The first-order chi connectivity index (χ1) is 4.84. The molecule has 0 atom stereocenters. The minimum absolute atomic E-state index is 1.30. The van der Waals surface area contributed by atoms with Crippen molar-refractivity contribution in [1.82, 2.24) is 0 Å². The fourth-order valence-electron chi connectivity index (χ4n) is 1.51. The molecular formula is C10H16. The predicted molar refractivity (Wildman–Crippen MR) is 46.0 cm³/mol. The Morgan fingerprint density at radius 2 is 1.90 bits per heavy atom. The smallest absolute Gasteiger partial charge is 0.0279 e. The summed E-state index contributed by atoms with van der Waals surface area (Å²) in [5.41, 5.74) is 3.18. The largest absolute Gasteiger partial charge is 0.0874 e. The highest BCUT2D eigenvalue weighted by Gasteiger charge is 2.04. The van der Waals surface area contributed by atoms with Crippen LogP contribution in [-0.2, 0) is 0 Å². The van der Waals surface area contributed by atoms with Gasteiger partial charge in [-0.1, -0.05) is 17.7 Å². The highest BCUT2D eigenvalue weighted by Crippen LogP contribution is 2.24. The van der Waals surface area contributed by atoms with E-state index in [0.717, 1.165) is 0 Å². The maximum Gasteiger partial charge on any atom is -0.0279 e. The van der Waals surface area contributed by atoms with Crippen LogP contribution in [0.1, 0.15) is 39.5 Å². The second-order valence-corrected chi connectivity index (χ2v) is 3.01. The molecule has 0 bridgehead atoms. The Morgan fingerprint density at radius 3 is 2.50 bits per heavy atom. The first kappa shape index (κ1) is 7.59. The quantitative estimate of drug-likeness (QED) is 0.518. The summed E-state index contributed by atoms with van der Waals surface area (Å²) in [6.45, 7) is 4.35. The van der Waals surface area contributed by atoms with Crippen LogP contribution in [0.4, 0.5) is 0 Å². The van der Waals surface area contributed by atoms with Crippen molar-refractivity contribution >= 4 is 0 Å². The van der Waals surface area contributed by atoms with Gasteiger partial charge in [0, 0.05) is 0 Å². The lowest BCUT2D eigenvalue weighted by atomic mass is 9.93. The Hall–Kier alpha value is -0.520. The molecule has 0 spiro atoms. The number of hydrogen-bond acceptors (Lipinski definition) is 0. The van der Waals surface area contributed by atoms with Crippen molar-refractivity contribution in [3.05, 3.63) is 23.3 Å². The third kappa shape index (κ3) is 1.73. The van der Waals surface area contributed by atoms with E-state index in [1.54, 1.807) is 11.1 Å². The lowest BCUT2D eigenvalue weighted by Gasteiger charge is -2.13. The molecule has 1 rings (SSSR count). The van der Waals surface area contributed by atoms with Crippen LogP contribution in [0.2, 0.25) is 0 Å². The van der Waals surface area contributed by atoms with E-state index in [9.17, 15) is 0 Å². The highest BCUT2D eigenvalue weighted by molar-refractivity contribution is 5.25. The van der Waals surface area contributed by atoms with Gasteiger partial charge in [0.25, 0.3) is 0 Å². The number of hydrogen-bond donors (Lipinski definition) is 0. The molecule has 0 N–H and O–H groups in total. The van der Waals surface area contributed by atoms with Crippen molar-refractivity contribution in [3.63, 3.8) is 0 Å². The highest BCUT2D eigenvalue weighted by atomic mass is 14.1. The van der Waals surface area contributed by atoms with Gasteiger partial charge in [-0.15, -0.1) is 0 Å². The van der Waals surface area contributed by atoms with E-state index < -0.39 is 0 Å². The SMILES string of the molecule is C/C=C/C1=C(C)CCCC1. The molecule has 0 saturated carbocycles. The van der Waals surface area contributed by atoms with Gasteiger partial charge < -0.3 is 0 Å². The lowest BCUT2D eigenvalue weighted by Crippen LogP contribution is -1.94. The van der Waals surface area contributed by atoms with Crippen molar-refractivity contribution < 1.29 is 0 Å². The number of allylic oxidation sites excluding steroid dienone is 4. The van der Waals surface area contributed by atoms with E-state index in [2.05, 4.69) is 26.0 Å². The first-order valence-electron chi connectivity index (χ1n) is 4.16. The first-order valence-corrected chi connectivity index (χ1v) is 4.16. The van der Waals surface area contributed by atoms with Gasteiger partial charge in [-0.25, -0.2) is 0 Å². The Kier molecular flexibility index (Phi) is 2.73. The average molecular weight is 136 g/mol. The monoisotopic (exact) mass is 136 g/mol. The van der Waals surface area contributed by atoms with Gasteiger partial charge in [-0.2, -0.15) is 0 Å². The van der Waals surface area contributed by atoms with Gasteiger partial charge in [0.05, 0.1) is 0 Å². The average Bonchev–Trinajstić information content (AvgIpc) is 1.94. The predicted octanol–water partition coefficient (Wildman–Crippen LogP) is 3.45. The molecule has 0 nitrogen and oxygen atoms in total. The van der Waals surface area contributed by atoms with E-state index in [4.69, 9.17) is 0 Å². The van der Waals surface area contributed by atoms with Crippen LogP contribution in [0.25, 0.3) is 0 Å². The van der Waals surface area contributed by atoms with Gasteiger partial charge in [-0.05, 0) is 45.1 Å². The van der Waals surface area contributed by atoms with Crippen LogP contribution < -0.4 is 0 Å². The summed E-state index contributed by atoms with van der Waals surface area (Å²) in [5.74, 6) is 0. The zero-order valence-corrected chi connectivity index (χ0v) is 6.98. The van der Waals surface area contributed by atoms with Gasteiger partial charge in [0.1, 0.15) is 0 Å². The Labute approximate surface area is 63.6 Å². The summed E-state index contributed by atoms with van der Waals surface area (Å²) in [6.07, 6.45) is 9.80. The zero-order valence-electron chi connectivity index (χ0n) is 6.98. The molecule has 1 aliphatic carbocycles. The van der Waals surface area contributed by atoms with Crippen LogP contribution >= 0.6 is 0 Å². The third-order valence-corrected chi connectivity index (χ3v) is 2.16. The van der Waals surface area contributed by atoms with Crippen LogP contribution in [-0.4, -0.2) is 0 Å².